The van der Waals surface area contributed by atoms with E-state index in [1.807, 2.05) is 0 Å². The largest absolute Gasteiger partial charge is 0.511 e. The van der Waals surface area contributed by atoms with Crippen LogP contribution in [0.1, 0.15) is 38.5 Å². The second-order valence-electron chi connectivity index (χ2n) is 5.03. The van der Waals surface area contributed by atoms with Crippen LogP contribution in [-0.2, 0) is 14.4 Å². The van der Waals surface area contributed by atoms with Crippen molar-refractivity contribution in [1.82, 2.24) is 5.32 Å². The van der Waals surface area contributed by atoms with Gasteiger partial charge in [0.2, 0.25) is 11.8 Å². The van der Waals surface area contributed by atoms with Crippen LogP contribution in [0.25, 0.3) is 0 Å². The van der Waals surface area contributed by atoms with Crippen LogP contribution in [0.4, 0.5) is 0 Å². The molecule has 0 aromatic rings. The molecule has 0 aromatic carbocycles. The highest BCUT2D eigenvalue weighted by Crippen LogP contribution is 2.26. The first kappa shape index (κ1) is 13.5. The SMILES string of the molecule is N=C1CCCC(=O)/C1=C(/O)CC1CC(=O)NC(=O)C1. The number of nitrogens with one attached hydrogen (secondary N) is 2. The molecule has 0 unspecified atom stereocenters. The smallest absolute Gasteiger partial charge is 0.226 e. The lowest BCUT2D eigenvalue weighted by Crippen LogP contribution is -2.38. The maximum Gasteiger partial charge on any atom is 0.226 e. The van der Waals surface area contributed by atoms with Crippen molar-refractivity contribution in [2.24, 2.45) is 5.92 Å². The number of hydrogen-bond donors (Lipinski definition) is 3. The molecular formula is C13H16N2O4. The molecule has 1 aliphatic heterocycles. The molecule has 6 nitrogen and oxygen atoms in total. The minimum atomic E-state index is -0.357. The zero-order chi connectivity index (χ0) is 14.0. The summed E-state index contributed by atoms with van der Waals surface area (Å²) in [6.07, 6.45) is 1.87. The number of carbonyl (C=O) groups is 3. The molecule has 19 heavy (non-hydrogen) atoms. The highest BCUT2D eigenvalue weighted by Gasteiger charge is 2.29. The minimum Gasteiger partial charge on any atom is -0.511 e. The fourth-order valence-electron chi connectivity index (χ4n) is 2.55. The lowest BCUT2D eigenvalue weighted by Gasteiger charge is -2.22. The number of aliphatic hydroxyl groups excluding tert-OH is 1. The maximum atomic E-state index is 11.7. The van der Waals surface area contributed by atoms with Gasteiger partial charge in [-0.1, -0.05) is 0 Å². The molecule has 2 rings (SSSR count). The number of allylic oxidation sites excluding steroid dienone is 2. The predicted octanol–water partition coefficient (Wildman–Crippen LogP) is 1.01. The van der Waals surface area contributed by atoms with E-state index in [9.17, 15) is 19.5 Å². The average Bonchev–Trinajstić information content (AvgIpc) is 2.26. The summed E-state index contributed by atoms with van der Waals surface area (Å²) in [7, 11) is 0. The van der Waals surface area contributed by atoms with E-state index in [-0.39, 0.29) is 59.8 Å². The summed E-state index contributed by atoms with van der Waals surface area (Å²) in [6.45, 7) is 0. The number of hydrogen-bond acceptors (Lipinski definition) is 5. The van der Waals surface area contributed by atoms with E-state index in [4.69, 9.17) is 5.41 Å². The van der Waals surface area contributed by atoms with Gasteiger partial charge in [-0.15, -0.1) is 0 Å². The summed E-state index contributed by atoms with van der Waals surface area (Å²) in [5.41, 5.74) is 0.241. The van der Waals surface area contributed by atoms with Crippen molar-refractivity contribution in [3.8, 4) is 0 Å². The second kappa shape index (κ2) is 5.34. The molecule has 0 radical (unpaired) electrons. The Balaban J connectivity index is 2.12. The Bertz CT molecular complexity index is 459. The molecule has 1 saturated heterocycles. The molecule has 3 N–H and O–H groups in total. The van der Waals surface area contributed by atoms with Gasteiger partial charge in [-0.2, -0.15) is 0 Å². The number of ketones is 1. The second-order valence-corrected chi connectivity index (χ2v) is 5.03. The van der Waals surface area contributed by atoms with Crippen molar-refractivity contribution in [2.45, 2.75) is 38.5 Å². The highest BCUT2D eigenvalue weighted by molar-refractivity contribution is 6.23. The van der Waals surface area contributed by atoms with Crippen LogP contribution in [0, 0.1) is 11.3 Å². The maximum absolute atomic E-state index is 11.7. The zero-order valence-electron chi connectivity index (χ0n) is 10.5. The molecule has 1 saturated carbocycles. The van der Waals surface area contributed by atoms with Crippen LogP contribution in [0.3, 0.4) is 0 Å². The van der Waals surface area contributed by atoms with Crippen LogP contribution in [0.5, 0.6) is 0 Å². The van der Waals surface area contributed by atoms with Gasteiger partial charge in [-0.25, -0.2) is 0 Å². The summed E-state index contributed by atoms with van der Waals surface area (Å²) < 4.78 is 0. The van der Waals surface area contributed by atoms with Gasteiger partial charge in [0.1, 0.15) is 5.76 Å². The first-order valence-electron chi connectivity index (χ1n) is 6.33. The van der Waals surface area contributed by atoms with E-state index in [2.05, 4.69) is 5.32 Å². The Morgan fingerprint density at radius 3 is 2.42 bits per heavy atom. The van der Waals surface area contributed by atoms with E-state index < -0.39 is 0 Å². The lowest BCUT2D eigenvalue weighted by molar-refractivity contribution is -0.134. The van der Waals surface area contributed by atoms with E-state index in [1.54, 1.807) is 0 Å². The Morgan fingerprint density at radius 2 is 1.84 bits per heavy atom. The molecule has 1 heterocycles. The number of aliphatic hydroxyl groups is 1. The first-order valence-corrected chi connectivity index (χ1v) is 6.33. The molecule has 6 heteroatoms. The van der Waals surface area contributed by atoms with Gasteiger partial charge in [0.25, 0.3) is 0 Å². The van der Waals surface area contributed by atoms with E-state index in [1.165, 1.54) is 0 Å². The van der Waals surface area contributed by atoms with Crippen molar-refractivity contribution < 1.29 is 19.5 Å². The van der Waals surface area contributed by atoms with E-state index >= 15 is 0 Å². The minimum absolute atomic E-state index is 0.0877. The third-order valence-corrected chi connectivity index (χ3v) is 3.41. The molecule has 102 valence electrons. The first-order chi connectivity index (χ1) is 8.97. The van der Waals surface area contributed by atoms with Crippen LogP contribution in [0.15, 0.2) is 11.3 Å². The van der Waals surface area contributed by atoms with Crippen LogP contribution in [0.2, 0.25) is 0 Å². The lowest BCUT2D eigenvalue weighted by atomic mass is 9.86. The Kier molecular flexibility index (Phi) is 3.78. The molecule has 2 fully saturated rings. The monoisotopic (exact) mass is 264 g/mol. The zero-order valence-corrected chi connectivity index (χ0v) is 10.5. The fourth-order valence-corrected chi connectivity index (χ4v) is 2.55. The van der Waals surface area contributed by atoms with Gasteiger partial charge in [0, 0.05) is 31.4 Å². The van der Waals surface area contributed by atoms with Gasteiger partial charge < -0.3 is 10.5 Å². The van der Waals surface area contributed by atoms with Crippen molar-refractivity contribution in [2.75, 3.05) is 0 Å². The van der Waals surface area contributed by atoms with Gasteiger partial charge in [-0.3, -0.25) is 19.7 Å². The molecule has 0 aromatic heterocycles. The summed E-state index contributed by atoms with van der Waals surface area (Å²) in [4.78, 5) is 34.2. The summed E-state index contributed by atoms with van der Waals surface area (Å²) >= 11 is 0. The molecule has 0 bridgehead atoms. The van der Waals surface area contributed by atoms with Gasteiger partial charge in [0.15, 0.2) is 5.78 Å². The van der Waals surface area contributed by atoms with E-state index in [0.717, 1.165) is 0 Å². The van der Waals surface area contributed by atoms with E-state index in [0.29, 0.717) is 19.3 Å². The molecule has 2 amide bonds. The third kappa shape index (κ3) is 3.07. The topological polar surface area (TPSA) is 107 Å². The number of amides is 2. The van der Waals surface area contributed by atoms with Gasteiger partial charge in [0.05, 0.1) is 5.57 Å². The van der Waals surface area contributed by atoms with Crippen molar-refractivity contribution in [3.05, 3.63) is 11.3 Å². The van der Waals surface area contributed by atoms with Gasteiger partial charge in [-0.05, 0) is 18.8 Å². The van der Waals surface area contributed by atoms with Crippen LogP contribution in [-0.4, -0.2) is 28.4 Å². The number of Topliss-reactive ketones (excluding diaryl/α,β-unsaturated/α-hetero) is 1. The molecule has 1 aliphatic carbocycles. The Hall–Kier alpha value is -1.98. The standard InChI is InChI=1S/C13H16N2O4/c14-8-2-1-3-9(16)13(8)10(17)4-7-5-11(18)15-12(19)6-7/h7,14,17H,1-6H2,(H,15,18,19)/b13-10+,14-8?. The number of imide groups is 1. The molecular weight excluding hydrogens is 248 g/mol. The summed E-state index contributed by atoms with van der Waals surface area (Å²) in [6, 6.07) is 0. The van der Waals surface area contributed by atoms with Gasteiger partial charge >= 0.3 is 0 Å². The summed E-state index contributed by atoms with van der Waals surface area (Å²) in [5, 5.41) is 19.9. The molecule has 2 aliphatic rings. The average molecular weight is 264 g/mol. The molecule has 0 spiro atoms. The number of rotatable bonds is 2. The van der Waals surface area contributed by atoms with Crippen molar-refractivity contribution >= 4 is 23.3 Å². The van der Waals surface area contributed by atoms with Crippen molar-refractivity contribution in [3.63, 3.8) is 0 Å². The number of carbonyl (C=O) groups excluding carboxylic acids is 3. The third-order valence-electron chi connectivity index (χ3n) is 3.41. The van der Waals surface area contributed by atoms with Crippen LogP contribution >= 0.6 is 0 Å². The highest BCUT2D eigenvalue weighted by atomic mass is 16.3. The quantitative estimate of drug-likeness (QED) is 0.393. The molecule has 0 atom stereocenters. The van der Waals surface area contributed by atoms with Crippen molar-refractivity contribution in [1.29, 1.82) is 5.41 Å². The number of piperidine rings is 1. The Morgan fingerprint density at radius 1 is 1.21 bits per heavy atom. The fraction of sp³-hybridized carbons (Fsp3) is 0.538. The Labute approximate surface area is 110 Å². The van der Waals surface area contributed by atoms with Crippen LogP contribution < -0.4 is 5.32 Å². The summed E-state index contributed by atoms with van der Waals surface area (Å²) in [5.74, 6) is -1.38. The normalized spacial score (nSPS) is 24.4. The predicted molar refractivity (Wildman–Crippen MR) is 66.7 cm³/mol.